The summed E-state index contributed by atoms with van der Waals surface area (Å²) in [4.78, 5) is 0. The third-order valence-corrected chi connectivity index (χ3v) is 1.41. The van der Waals surface area contributed by atoms with Gasteiger partial charge in [0.1, 0.15) is 0 Å². The van der Waals surface area contributed by atoms with Gasteiger partial charge in [0.2, 0.25) is 0 Å². The molecule has 1 aromatic rings. The molecule has 0 aliphatic heterocycles. The molecule has 9 heteroatoms. The van der Waals surface area contributed by atoms with Gasteiger partial charge in [0.25, 0.3) is 0 Å². The number of aryl methyl sites for hydroxylation is 1. The van der Waals surface area contributed by atoms with Crippen LogP contribution in [-0.2, 0) is 6.54 Å². The molecule has 0 aliphatic carbocycles. The van der Waals surface area contributed by atoms with Crippen LogP contribution in [0.5, 0.6) is 0 Å². The van der Waals surface area contributed by atoms with Crippen LogP contribution < -0.4 is 4.68 Å². The average molecular weight is 282 g/mol. The van der Waals surface area contributed by atoms with Crippen LogP contribution >= 0.6 is 7.81 Å². The summed E-state index contributed by atoms with van der Waals surface area (Å²) in [6.07, 6.45) is 6.25. The predicted octanol–water partition coefficient (Wildman–Crippen LogP) is 4.55. The van der Waals surface area contributed by atoms with Gasteiger partial charge in [-0.15, -0.1) is 0 Å². The van der Waals surface area contributed by atoms with E-state index in [0.717, 1.165) is 6.54 Å². The Morgan fingerprint density at radius 1 is 1.06 bits per heavy atom. The molecular formula is C8H13F6N2P. The van der Waals surface area contributed by atoms with Gasteiger partial charge in [0.05, 0.1) is 6.20 Å². The quantitative estimate of drug-likeness (QED) is 0.451. The first-order valence-corrected chi connectivity index (χ1v) is 6.78. The van der Waals surface area contributed by atoms with E-state index in [9.17, 15) is 25.2 Å². The van der Waals surface area contributed by atoms with E-state index in [0.29, 0.717) is 0 Å². The van der Waals surface area contributed by atoms with Gasteiger partial charge < -0.3 is 0 Å². The summed E-state index contributed by atoms with van der Waals surface area (Å²) in [6.45, 7) is 3.22. The topological polar surface area (TPSA) is 16.8 Å². The van der Waals surface area contributed by atoms with Crippen molar-refractivity contribution in [3.63, 3.8) is 0 Å². The second-order valence-electron chi connectivity index (χ2n) is 3.27. The summed E-state index contributed by atoms with van der Waals surface area (Å²) < 4.78 is 61.2. The van der Waals surface area contributed by atoms with Crippen LogP contribution in [0.15, 0.2) is 24.5 Å². The molecule has 2 nitrogen and oxygen atoms in total. The molecule has 0 aromatic carbocycles. The van der Waals surface area contributed by atoms with Crippen molar-refractivity contribution in [3.05, 3.63) is 24.5 Å². The summed E-state index contributed by atoms with van der Waals surface area (Å²) in [6, 6.07) is 3.94. The average Bonchev–Trinajstić information content (AvgIpc) is 2.11. The molecular weight excluding hydrogens is 269 g/mol. The molecule has 0 amide bonds. The number of nitrogens with zero attached hydrogens (tertiary/aromatic N) is 2. The number of rotatable bonds is 3. The molecule has 0 spiro atoms. The predicted molar refractivity (Wildman–Crippen MR) is 52.9 cm³/mol. The van der Waals surface area contributed by atoms with Crippen molar-refractivity contribution < 1.29 is 29.9 Å². The minimum atomic E-state index is -10.7. The zero-order valence-corrected chi connectivity index (χ0v) is 9.93. The first-order valence-electron chi connectivity index (χ1n) is 4.75. The second-order valence-corrected chi connectivity index (χ2v) is 5.19. The van der Waals surface area contributed by atoms with Crippen LogP contribution in [0.2, 0.25) is 0 Å². The molecule has 0 saturated heterocycles. The van der Waals surface area contributed by atoms with Gasteiger partial charge in [-0.2, -0.15) is 0 Å². The first kappa shape index (κ1) is 16.1. The first-order chi connectivity index (χ1) is 7.38. The Bertz CT molecular complexity index is 323. The van der Waals surface area contributed by atoms with E-state index in [4.69, 9.17) is 0 Å². The van der Waals surface area contributed by atoms with Crippen molar-refractivity contribution in [2.45, 2.75) is 26.3 Å². The van der Waals surface area contributed by atoms with Crippen LogP contribution in [0.1, 0.15) is 19.8 Å². The van der Waals surface area contributed by atoms with Crippen molar-refractivity contribution in [2.24, 2.45) is 0 Å². The molecule has 1 heterocycles. The Labute approximate surface area is 94.5 Å². The molecule has 0 saturated carbocycles. The van der Waals surface area contributed by atoms with Crippen LogP contribution in [0.4, 0.5) is 25.2 Å². The van der Waals surface area contributed by atoms with Crippen molar-refractivity contribution in [2.75, 3.05) is 0 Å². The van der Waals surface area contributed by atoms with E-state index in [-0.39, 0.29) is 0 Å². The van der Waals surface area contributed by atoms with E-state index < -0.39 is 7.81 Å². The SMILES string of the molecule is CCCC[n+]1ccccn1.F[P-](F)(F)(F)(F)F. The van der Waals surface area contributed by atoms with Crippen molar-refractivity contribution in [1.82, 2.24) is 5.10 Å². The van der Waals surface area contributed by atoms with Crippen LogP contribution in [0.3, 0.4) is 0 Å². The number of unbranched alkanes of at least 4 members (excludes halogenated alkanes) is 1. The fraction of sp³-hybridized carbons (Fsp3) is 0.500. The Hall–Kier alpha value is -0.910. The number of aromatic nitrogens is 2. The van der Waals surface area contributed by atoms with Crippen LogP contribution in [0, 0.1) is 0 Å². The standard InChI is InChI=1S/C8H13N2.F6P/c1-2-3-7-10-8-5-4-6-9-10;1-7(2,3,4,5)6/h4-6,8H,2-3,7H2,1H3;/q+1;-1. The Kier molecular flexibility index (Phi) is 4.50. The summed E-state index contributed by atoms with van der Waals surface area (Å²) >= 11 is 0. The van der Waals surface area contributed by atoms with E-state index in [1.165, 1.54) is 12.8 Å². The van der Waals surface area contributed by atoms with Crippen molar-refractivity contribution in [3.8, 4) is 0 Å². The maximum absolute atomic E-state index is 10.7. The van der Waals surface area contributed by atoms with Gasteiger partial charge in [-0.25, -0.2) is 0 Å². The molecule has 0 unspecified atom stereocenters. The second kappa shape index (κ2) is 4.76. The summed E-state index contributed by atoms with van der Waals surface area (Å²) in [5.41, 5.74) is 0. The molecule has 102 valence electrons. The monoisotopic (exact) mass is 282 g/mol. The van der Waals surface area contributed by atoms with Gasteiger partial charge in [0, 0.05) is 12.5 Å². The van der Waals surface area contributed by atoms with E-state index in [2.05, 4.69) is 12.0 Å². The summed E-state index contributed by atoms with van der Waals surface area (Å²) in [7, 11) is -10.7. The Morgan fingerprint density at radius 3 is 1.94 bits per heavy atom. The zero-order valence-electron chi connectivity index (χ0n) is 9.04. The third-order valence-electron chi connectivity index (χ3n) is 1.41. The number of hydrogen-bond donors (Lipinski definition) is 0. The molecule has 0 fully saturated rings. The minimum absolute atomic E-state index is 1.04. The zero-order chi connectivity index (χ0) is 13.6. The number of halogens is 6. The van der Waals surface area contributed by atoms with Gasteiger partial charge in [-0.3, -0.25) is 0 Å². The van der Waals surface area contributed by atoms with Crippen molar-refractivity contribution >= 4 is 7.81 Å². The normalized spacial score (nSPS) is 15.2. The fourth-order valence-electron chi connectivity index (χ4n) is 0.814. The van der Waals surface area contributed by atoms with Gasteiger partial charge in [-0.05, 0) is 11.2 Å². The van der Waals surface area contributed by atoms with Crippen LogP contribution in [0.25, 0.3) is 0 Å². The van der Waals surface area contributed by atoms with Crippen LogP contribution in [-0.4, -0.2) is 5.10 Å². The van der Waals surface area contributed by atoms with Gasteiger partial charge in [0.15, 0.2) is 12.7 Å². The van der Waals surface area contributed by atoms with Crippen molar-refractivity contribution in [1.29, 1.82) is 0 Å². The molecule has 1 aromatic heterocycles. The Morgan fingerprint density at radius 2 is 1.59 bits per heavy atom. The summed E-state index contributed by atoms with van der Waals surface area (Å²) in [5, 5.41) is 4.13. The van der Waals surface area contributed by atoms with E-state index >= 15 is 0 Å². The molecule has 0 N–H and O–H groups in total. The summed E-state index contributed by atoms with van der Waals surface area (Å²) in [5.74, 6) is 0. The Balaban J connectivity index is 0.000000325. The molecule has 17 heavy (non-hydrogen) atoms. The molecule has 0 radical (unpaired) electrons. The maximum atomic E-state index is 9.87. The molecule has 1 rings (SSSR count). The van der Waals surface area contributed by atoms with E-state index in [1.54, 1.807) is 0 Å². The molecule has 0 aliphatic rings. The van der Waals surface area contributed by atoms with Gasteiger partial charge in [-0.1, -0.05) is 18.0 Å². The molecule has 0 atom stereocenters. The number of hydrogen-bond acceptors (Lipinski definition) is 1. The molecule has 0 bridgehead atoms. The van der Waals surface area contributed by atoms with Gasteiger partial charge >= 0.3 is 33.0 Å². The third kappa shape index (κ3) is 21.0. The van der Waals surface area contributed by atoms with E-state index in [1.807, 2.05) is 29.2 Å². The fourth-order valence-corrected chi connectivity index (χ4v) is 0.814.